The van der Waals surface area contributed by atoms with Gasteiger partial charge < -0.3 is 9.64 Å². The van der Waals surface area contributed by atoms with Crippen molar-refractivity contribution in [1.82, 2.24) is 24.7 Å². The summed E-state index contributed by atoms with van der Waals surface area (Å²) in [4.78, 5) is 4.41. The zero-order valence-electron chi connectivity index (χ0n) is 14.3. The van der Waals surface area contributed by atoms with Crippen molar-refractivity contribution in [3.63, 3.8) is 0 Å². The van der Waals surface area contributed by atoms with Gasteiger partial charge >= 0.3 is 6.36 Å². The predicted octanol–water partition coefficient (Wildman–Crippen LogP) is 2.35. The van der Waals surface area contributed by atoms with Gasteiger partial charge in [-0.25, -0.2) is 4.52 Å². The lowest BCUT2D eigenvalue weighted by atomic mass is 10.2. The molecule has 4 rings (SSSR count). The van der Waals surface area contributed by atoms with Crippen molar-refractivity contribution in [3.8, 4) is 5.75 Å². The van der Waals surface area contributed by atoms with Crippen molar-refractivity contribution in [2.45, 2.75) is 12.9 Å². The maximum absolute atomic E-state index is 12.4. The molecule has 10 heteroatoms. The summed E-state index contributed by atoms with van der Waals surface area (Å²) in [5, 5.41) is 12.1. The number of hydrogen-bond acceptors (Lipinski definition) is 6. The highest BCUT2D eigenvalue weighted by Crippen LogP contribution is 2.24. The first-order valence-corrected chi connectivity index (χ1v) is 8.44. The Morgan fingerprint density at radius 1 is 1.07 bits per heavy atom. The zero-order chi connectivity index (χ0) is 18.9. The first-order valence-electron chi connectivity index (χ1n) is 8.44. The predicted molar refractivity (Wildman–Crippen MR) is 91.4 cm³/mol. The Morgan fingerprint density at radius 2 is 1.89 bits per heavy atom. The average molecular weight is 378 g/mol. The Balaban J connectivity index is 1.36. The van der Waals surface area contributed by atoms with Crippen LogP contribution in [0.1, 0.15) is 5.56 Å². The number of aromatic nitrogens is 4. The molecule has 0 atom stereocenters. The standard InChI is InChI=1S/C17H17F3N6O/c18-17(19,20)27-15-3-1-2-13(8-15)11-24-4-6-25(7-5-24)14-9-16-23-21-12-26(16)22-10-14/h1-3,8-10,12H,4-7,11H2. The second-order valence-corrected chi connectivity index (χ2v) is 6.31. The lowest BCUT2D eigenvalue weighted by molar-refractivity contribution is -0.274. The minimum atomic E-state index is -4.68. The SMILES string of the molecule is FC(F)(F)Oc1cccc(CN2CCN(c3cnn4cnnc4c3)CC2)c1. The summed E-state index contributed by atoms with van der Waals surface area (Å²) in [5.74, 6) is -0.189. The molecule has 0 N–H and O–H groups in total. The van der Waals surface area contributed by atoms with E-state index in [9.17, 15) is 13.2 Å². The minimum Gasteiger partial charge on any atom is -0.406 e. The van der Waals surface area contributed by atoms with Crippen LogP contribution in [0.5, 0.6) is 5.75 Å². The molecule has 0 unspecified atom stereocenters. The van der Waals surface area contributed by atoms with Crippen LogP contribution in [0.25, 0.3) is 5.65 Å². The van der Waals surface area contributed by atoms with Crippen LogP contribution in [0.3, 0.4) is 0 Å². The number of alkyl halides is 3. The van der Waals surface area contributed by atoms with E-state index < -0.39 is 6.36 Å². The number of anilines is 1. The summed E-state index contributed by atoms with van der Waals surface area (Å²) in [7, 11) is 0. The molecule has 1 saturated heterocycles. The number of benzene rings is 1. The normalized spacial score (nSPS) is 16.0. The van der Waals surface area contributed by atoms with Crippen LogP contribution in [0, 0.1) is 0 Å². The number of ether oxygens (including phenoxy) is 1. The van der Waals surface area contributed by atoms with Crippen LogP contribution in [0.4, 0.5) is 18.9 Å². The topological polar surface area (TPSA) is 58.8 Å². The second-order valence-electron chi connectivity index (χ2n) is 6.31. The van der Waals surface area contributed by atoms with Gasteiger partial charge in [0.2, 0.25) is 0 Å². The molecule has 0 amide bonds. The van der Waals surface area contributed by atoms with Gasteiger partial charge in [0.1, 0.15) is 12.1 Å². The quantitative estimate of drug-likeness (QED) is 0.695. The average Bonchev–Trinajstić information content (AvgIpc) is 3.09. The van der Waals surface area contributed by atoms with Crippen LogP contribution in [0.2, 0.25) is 0 Å². The Bertz CT molecular complexity index is 920. The molecule has 2 aromatic heterocycles. The summed E-state index contributed by atoms with van der Waals surface area (Å²) in [6, 6.07) is 8.06. The molecule has 3 aromatic rings. The van der Waals surface area contributed by atoms with Crippen molar-refractivity contribution in [2.24, 2.45) is 0 Å². The Labute approximate surface area is 153 Å². The van der Waals surface area contributed by atoms with Crippen molar-refractivity contribution >= 4 is 11.3 Å². The Hall–Kier alpha value is -2.88. The van der Waals surface area contributed by atoms with E-state index in [1.807, 2.05) is 6.07 Å². The highest BCUT2D eigenvalue weighted by atomic mass is 19.4. The molecule has 1 fully saturated rings. The number of halogens is 3. The third kappa shape index (κ3) is 4.27. The lowest BCUT2D eigenvalue weighted by Gasteiger charge is -2.35. The van der Waals surface area contributed by atoms with E-state index in [4.69, 9.17) is 0 Å². The highest BCUT2D eigenvalue weighted by Gasteiger charge is 2.31. The number of nitrogens with zero attached hydrogens (tertiary/aromatic N) is 6. The summed E-state index contributed by atoms with van der Waals surface area (Å²) in [6.45, 7) is 3.75. The summed E-state index contributed by atoms with van der Waals surface area (Å²) in [6.07, 6.45) is -1.35. The monoisotopic (exact) mass is 378 g/mol. The first kappa shape index (κ1) is 17.5. The molecule has 7 nitrogen and oxygen atoms in total. The summed E-state index contributed by atoms with van der Waals surface area (Å²) in [5.41, 5.74) is 2.46. The molecular formula is C17H17F3N6O. The van der Waals surface area contributed by atoms with E-state index in [1.165, 1.54) is 12.1 Å². The van der Waals surface area contributed by atoms with Crippen LogP contribution in [-0.4, -0.2) is 57.3 Å². The number of piperazine rings is 1. The molecule has 1 aliphatic rings. The molecule has 0 spiro atoms. The Morgan fingerprint density at radius 3 is 2.67 bits per heavy atom. The van der Waals surface area contributed by atoms with Crippen LogP contribution in [-0.2, 0) is 6.54 Å². The first-order chi connectivity index (χ1) is 13.0. The van der Waals surface area contributed by atoms with Gasteiger partial charge in [0.05, 0.1) is 11.9 Å². The summed E-state index contributed by atoms with van der Waals surface area (Å²) >= 11 is 0. The number of rotatable bonds is 4. The molecule has 1 aromatic carbocycles. The van der Waals surface area contributed by atoms with E-state index in [-0.39, 0.29) is 5.75 Å². The fourth-order valence-electron chi connectivity index (χ4n) is 3.15. The van der Waals surface area contributed by atoms with Crippen molar-refractivity contribution < 1.29 is 17.9 Å². The lowest BCUT2D eigenvalue weighted by Crippen LogP contribution is -2.46. The third-order valence-electron chi connectivity index (χ3n) is 4.42. The van der Waals surface area contributed by atoms with E-state index >= 15 is 0 Å². The molecule has 0 bridgehead atoms. The second kappa shape index (κ2) is 7.03. The van der Waals surface area contributed by atoms with E-state index in [2.05, 4.69) is 29.8 Å². The maximum Gasteiger partial charge on any atom is 0.573 e. The molecule has 142 valence electrons. The van der Waals surface area contributed by atoms with Crippen molar-refractivity contribution in [3.05, 3.63) is 48.4 Å². The van der Waals surface area contributed by atoms with Gasteiger partial charge in [0.25, 0.3) is 0 Å². The van der Waals surface area contributed by atoms with Crippen LogP contribution in [0.15, 0.2) is 42.9 Å². The van der Waals surface area contributed by atoms with Gasteiger partial charge in [-0.3, -0.25) is 4.90 Å². The van der Waals surface area contributed by atoms with Gasteiger partial charge in [-0.2, -0.15) is 5.10 Å². The molecule has 3 heterocycles. The number of fused-ring (bicyclic) bond motifs is 1. The van der Waals surface area contributed by atoms with Crippen LogP contribution >= 0.6 is 0 Å². The van der Waals surface area contributed by atoms with Gasteiger partial charge in [-0.15, -0.1) is 23.4 Å². The molecule has 0 radical (unpaired) electrons. The van der Waals surface area contributed by atoms with E-state index in [1.54, 1.807) is 29.2 Å². The van der Waals surface area contributed by atoms with Gasteiger partial charge in [-0.1, -0.05) is 12.1 Å². The third-order valence-corrected chi connectivity index (χ3v) is 4.42. The molecule has 0 saturated carbocycles. The molecule has 1 aliphatic heterocycles. The smallest absolute Gasteiger partial charge is 0.406 e. The maximum atomic E-state index is 12.4. The Kier molecular flexibility index (Phi) is 4.56. The van der Waals surface area contributed by atoms with Gasteiger partial charge in [0.15, 0.2) is 5.65 Å². The van der Waals surface area contributed by atoms with Gasteiger partial charge in [-0.05, 0) is 17.7 Å². The van der Waals surface area contributed by atoms with E-state index in [0.717, 1.165) is 37.4 Å². The summed E-state index contributed by atoms with van der Waals surface area (Å²) < 4.78 is 42.7. The number of hydrogen-bond donors (Lipinski definition) is 0. The van der Waals surface area contributed by atoms with E-state index in [0.29, 0.717) is 12.2 Å². The van der Waals surface area contributed by atoms with Crippen molar-refractivity contribution in [1.29, 1.82) is 0 Å². The fourth-order valence-corrected chi connectivity index (χ4v) is 3.15. The highest BCUT2D eigenvalue weighted by molar-refractivity contribution is 5.53. The molecule has 27 heavy (non-hydrogen) atoms. The molecular weight excluding hydrogens is 361 g/mol. The fraction of sp³-hybridized carbons (Fsp3) is 0.353. The van der Waals surface area contributed by atoms with Crippen LogP contribution < -0.4 is 9.64 Å². The van der Waals surface area contributed by atoms with Crippen molar-refractivity contribution in [2.75, 3.05) is 31.1 Å². The zero-order valence-corrected chi connectivity index (χ0v) is 14.3. The van der Waals surface area contributed by atoms with Gasteiger partial charge in [0, 0.05) is 38.8 Å². The minimum absolute atomic E-state index is 0.189. The molecule has 0 aliphatic carbocycles. The largest absolute Gasteiger partial charge is 0.573 e.